The number of aliphatic hydroxyl groups excluding tert-OH is 1. The van der Waals surface area contributed by atoms with Crippen LogP contribution in [0.2, 0.25) is 10.0 Å². The summed E-state index contributed by atoms with van der Waals surface area (Å²) in [5.74, 6) is -0.464. The molecule has 1 amide bonds. The number of amides is 1. The number of aliphatic hydroxyl groups is 1. The molecular formula is C19H20Cl2N2O4S. The minimum Gasteiger partial charge on any atom is -0.392 e. The van der Waals surface area contributed by atoms with Gasteiger partial charge in [0.25, 0.3) is 0 Å². The molecule has 2 N–H and O–H groups in total. The molecule has 2 aromatic rings. The van der Waals surface area contributed by atoms with Crippen LogP contribution in [0, 0.1) is 5.92 Å². The molecule has 0 atom stereocenters. The summed E-state index contributed by atoms with van der Waals surface area (Å²) >= 11 is 12.1. The Bertz CT molecular complexity index is 953. The van der Waals surface area contributed by atoms with Crippen LogP contribution in [0.4, 0.5) is 5.69 Å². The van der Waals surface area contributed by atoms with E-state index >= 15 is 0 Å². The summed E-state index contributed by atoms with van der Waals surface area (Å²) in [6, 6.07) is 11.5. The van der Waals surface area contributed by atoms with Crippen molar-refractivity contribution in [2.75, 3.05) is 18.4 Å². The van der Waals surface area contributed by atoms with E-state index in [0.29, 0.717) is 24.1 Å². The standard InChI is InChI=1S/C19H20Cl2N2O4S/c20-16-5-2-6-17(21)18(16)28(26,27)23-9-7-14(8-10-23)19(25)22-15-4-1-3-13(11-15)12-24/h1-6,11,14,24H,7-10,12H2,(H,22,25). The van der Waals surface area contributed by atoms with Crippen LogP contribution in [0.25, 0.3) is 0 Å². The zero-order chi connectivity index (χ0) is 20.3. The topological polar surface area (TPSA) is 86.7 Å². The summed E-state index contributed by atoms with van der Waals surface area (Å²) in [4.78, 5) is 12.4. The number of halogens is 2. The Morgan fingerprint density at radius 2 is 1.71 bits per heavy atom. The number of benzene rings is 2. The maximum absolute atomic E-state index is 12.9. The molecule has 0 saturated carbocycles. The number of rotatable bonds is 5. The van der Waals surface area contributed by atoms with E-state index in [1.165, 1.54) is 16.4 Å². The predicted octanol–water partition coefficient (Wildman–Crippen LogP) is 3.53. The number of carbonyl (C=O) groups is 1. The van der Waals surface area contributed by atoms with E-state index in [4.69, 9.17) is 23.2 Å². The molecule has 9 heteroatoms. The molecule has 28 heavy (non-hydrogen) atoms. The van der Waals surface area contributed by atoms with E-state index in [0.717, 1.165) is 0 Å². The number of nitrogens with zero attached hydrogens (tertiary/aromatic N) is 1. The molecule has 0 aliphatic carbocycles. The molecule has 150 valence electrons. The van der Waals surface area contributed by atoms with Crippen LogP contribution in [0.3, 0.4) is 0 Å². The van der Waals surface area contributed by atoms with Crippen molar-refractivity contribution in [2.24, 2.45) is 5.92 Å². The summed E-state index contributed by atoms with van der Waals surface area (Å²) < 4.78 is 27.1. The monoisotopic (exact) mass is 442 g/mol. The number of hydrogen-bond acceptors (Lipinski definition) is 4. The smallest absolute Gasteiger partial charge is 0.246 e. The molecule has 1 heterocycles. The van der Waals surface area contributed by atoms with Crippen LogP contribution in [0.1, 0.15) is 18.4 Å². The third-order valence-electron chi connectivity index (χ3n) is 4.72. The van der Waals surface area contributed by atoms with Gasteiger partial charge in [-0.3, -0.25) is 4.79 Å². The molecule has 0 spiro atoms. The molecule has 0 aromatic heterocycles. The zero-order valence-corrected chi connectivity index (χ0v) is 17.3. The predicted molar refractivity (Wildman–Crippen MR) is 109 cm³/mol. The van der Waals surface area contributed by atoms with Gasteiger partial charge in [0.2, 0.25) is 15.9 Å². The molecule has 2 aromatic carbocycles. The highest BCUT2D eigenvalue weighted by Crippen LogP contribution is 2.33. The maximum atomic E-state index is 12.9. The summed E-state index contributed by atoms with van der Waals surface area (Å²) in [6.45, 7) is 0.307. The maximum Gasteiger partial charge on any atom is 0.246 e. The van der Waals surface area contributed by atoms with Crippen molar-refractivity contribution < 1.29 is 18.3 Å². The van der Waals surface area contributed by atoms with Gasteiger partial charge in [0.1, 0.15) is 4.90 Å². The van der Waals surface area contributed by atoms with Crippen molar-refractivity contribution >= 4 is 44.8 Å². The summed E-state index contributed by atoms with van der Waals surface area (Å²) in [5, 5.41) is 12.2. The van der Waals surface area contributed by atoms with Gasteiger partial charge in [-0.25, -0.2) is 8.42 Å². The highest BCUT2D eigenvalue weighted by Gasteiger charge is 2.34. The highest BCUT2D eigenvalue weighted by atomic mass is 35.5. The zero-order valence-electron chi connectivity index (χ0n) is 14.9. The molecule has 1 aliphatic rings. The summed E-state index contributed by atoms with van der Waals surface area (Å²) in [6.07, 6.45) is 0.791. The van der Waals surface area contributed by atoms with Crippen LogP contribution in [-0.2, 0) is 21.4 Å². The second-order valence-electron chi connectivity index (χ2n) is 6.58. The number of hydrogen-bond donors (Lipinski definition) is 2. The molecular weight excluding hydrogens is 423 g/mol. The van der Waals surface area contributed by atoms with E-state index in [-0.39, 0.29) is 46.5 Å². The lowest BCUT2D eigenvalue weighted by molar-refractivity contribution is -0.120. The molecule has 1 saturated heterocycles. The van der Waals surface area contributed by atoms with E-state index < -0.39 is 10.0 Å². The Morgan fingerprint density at radius 3 is 2.32 bits per heavy atom. The van der Waals surface area contributed by atoms with Crippen LogP contribution in [-0.4, -0.2) is 36.8 Å². The van der Waals surface area contributed by atoms with Gasteiger partial charge in [-0.2, -0.15) is 4.31 Å². The highest BCUT2D eigenvalue weighted by molar-refractivity contribution is 7.89. The Kier molecular flexibility index (Phi) is 6.62. The Hall–Kier alpha value is -1.64. The van der Waals surface area contributed by atoms with Gasteiger partial charge in [-0.1, -0.05) is 41.4 Å². The first kappa shape index (κ1) is 21.1. The first-order valence-corrected chi connectivity index (χ1v) is 11.0. The summed E-state index contributed by atoms with van der Waals surface area (Å²) in [7, 11) is -3.83. The fourth-order valence-electron chi connectivity index (χ4n) is 3.21. The number of anilines is 1. The van der Waals surface area contributed by atoms with E-state index in [1.807, 2.05) is 0 Å². The summed E-state index contributed by atoms with van der Waals surface area (Å²) in [5.41, 5.74) is 1.31. The van der Waals surface area contributed by atoms with Crippen molar-refractivity contribution in [3.63, 3.8) is 0 Å². The lowest BCUT2D eigenvalue weighted by Gasteiger charge is -2.31. The quantitative estimate of drug-likeness (QED) is 0.741. The minimum atomic E-state index is -3.83. The van der Waals surface area contributed by atoms with Gasteiger partial charge in [0.15, 0.2) is 0 Å². The fraction of sp³-hybridized carbons (Fsp3) is 0.316. The van der Waals surface area contributed by atoms with E-state index in [9.17, 15) is 18.3 Å². The third-order valence-corrected chi connectivity index (χ3v) is 7.57. The lowest BCUT2D eigenvalue weighted by atomic mass is 9.97. The molecule has 0 bridgehead atoms. The number of piperidine rings is 1. The second-order valence-corrected chi connectivity index (χ2v) is 9.27. The lowest BCUT2D eigenvalue weighted by Crippen LogP contribution is -2.41. The Balaban J connectivity index is 1.66. The molecule has 3 rings (SSSR count). The molecule has 0 unspecified atom stereocenters. The van der Waals surface area contributed by atoms with E-state index in [1.54, 1.807) is 30.3 Å². The fourth-order valence-corrected chi connectivity index (χ4v) is 5.77. The van der Waals surface area contributed by atoms with Gasteiger partial charge in [-0.15, -0.1) is 0 Å². The van der Waals surface area contributed by atoms with E-state index in [2.05, 4.69) is 5.32 Å². The van der Waals surface area contributed by atoms with Crippen molar-refractivity contribution in [2.45, 2.75) is 24.3 Å². The van der Waals surface area contributed by atoms with Crippen LogP contribution < -0.4 is 5.32 Å². The largest absolute Gasteiger partial charge is 0.392 e. The first-order valence-electron chi connectivity index (χ1n) is 8.77. The number of sulfonamides is 1. The average Bonchev–Trinajstić information content (AvgIpc) is 2.68. The van der Waals surface area contributed by atoms with Crippen LogP contribution in [0.15, 0.2) is 47.4 Å². The van der Waals surface area contributed by atoms with Crippen molar-refractivity contribution in [3.05, 3.63) is 58.1 Å². The number of nitrogens with one attached hydrogen (secondary N) is 1. The second kappa shape index (κ2) is 8.80. The molecule has 0 radical (unpaired) electrons. The van der Waals surface area contributed by atoms with Crippen LogP contribution >= 0.6 is 23.2 Å². The van der Waals surface area contributed by atoms with Gasteiger partial charge in [0, 0.05) is 24.7 Å². The van der Waals surface area contributed by atoms with Gasteiger partial charge in [0.05, 0.1) is 16.7 Å². The van der Waals surface area contributed by atoms with Crippen molar-refractivity contribution in [1.29, 1.82) is 0 Å². The molecule has 6 nitrogen and oxygen atoms in total. The van der Waals surface area contributed by atoms with Crippen LogP contribution in [0.5, 0.6) is 0 Å². The first-order chi connectivity index (χ1) is 13.3. The van der Waals surface area contributed by atoms with Gasteiger partial charge in [-0.05, 0) is 42.7 Å². The SMILES string of the molecule is O=C(Nc1cccc(CO)c1)C1CCN(S(=O)(=O)c2c(Cl)cccc2Cl)CC1. The minimum absolute atomic E-state index is 0.0798. The molecule has 1 fully saturated rings. The third kappa shape index (κ3) is 4.50. The van der Waals surface area contributed by atoms with Gasteiger partial charge < -0.3 is 10.4 Å². The Morgan fingerprint density at radius 1 is 1.11 bits per heavy atom. The number of carbonyl (C=O) groups excluding carboxylic acids is 1. The van der Waals surface area contributed by atoms with Gasteiger partial charge >= 0.3 is 0 Å². The Labute approximate surface area is 174 Å². The van der Waals surface area contributed by atoms with Crippen molar-refractivity contribution in [1.82, 2.24) is 4.31 Å². The average molecular weight is 443 g/mol. The molecule has 1 aliphatic heterocycles. The van der Waals surface area contributed by atoms with Crippen molar-refractivity contribution in [3.8, 4) is 0 Å². The normalized spacial score (nSPS) is 16.1.